The standard InChI is InChI=1S/C10H8BrFN2S2/c1-6-13-10(16-14-6)15-5-7-3-2-4-8(12)9(7)11/h2-4H,5H2,1H3. The third-order valence-electron chi connectivity index (χ3n) is 1.89. The van der Waals surface area contributed by atoms with Crippen LogP contribution in [-0.4, -0.2) is 9.36 Å². The van der Waals surface area contributed by atoms with Gasteiger partial charge in [-0.3, -0.25) is 0 Å². The maximum atomic E-state index is 13.2. The van der Waals surface area contributed by atoms with Crippen molar-refractivity contribution >= 4 is 39.2 Å². The highest BCUT2D eigenvalue weighted by atomic mass is 79.9. The molecule has 0 radical (unpaired) electrons. The van der Waals surface area contributed by atoms with Crippen LogP contribution in [0, 0.1) is 12.7 Å². The molecule has 2 aromatic rings. The second-order valence-electron chi connectivity index (χ2n) is 3.11. The van der Waals surface area contributed by atoms with Crippen LogP contribution >= 0.6 is 39.2 Å². The molecule has 0 aliphatic carbocycles. The Kier molecular flexibility index (Phi) is 3.94. The van der Waals surface area contributed by atoms with Crippen LogP contribution in [0.25, 0.3) is 0 Å². The summed E-state index contributed by atoms with van der Waals surface area (Å²) in [6.45, 7) is 1.86. The van der Waals surface area contributed by atoms with Crippen molar-refractivity contribution in [3.63, 3.8) is 0 Å². The SMILES string of the molecule is Cc1nsc(SCc2cccc(F)c2Br)n1. The largest absolute Gasteiger partial charge is 0.213 e. The number of halogens is 2. The molecule has 16 heavy (non-hydrogen) atoms. The van der Waals surface area contributed by atoms with Crippen molar-refractivity contribution in [1.29, 1.82) is 0 Å². The third-order valence-corrected chi connectivity index (χ3v) is 4.75. The summed E-state index contributed by atoms with van der Waals surface area (Å²) < 4.78 is 18.8. The molecule has 0 bridgehead atoms. The molecule has 0 fully saturated rings. The lowest BCUT2D eigenvalue weighted by atomic mass is 10.2. The van der Waals surface area contributed by atoms with Gasteiger partial charge in [-0.05, 0) is 46.0 Å². The van der Waals surface area contributed by atoms with Gasteiger partial charge in [0, 0.05) is 5.75 Å². The fourth-order valence-electron chi connectivity index (χ4n) is 1.14. The van der Waals surface area contributed by atoms with Crippen molar-refractivity contribution in [2.24, 2.45) is 0 Å². The molecule has 0 aliphatic heterocycles. The quantitative estimate of drug-likeness (QED) is 0.799. The molecule has 84 valence electrons. The van der Waals surface area contributed by atoms with Crippen LogP contribution in [0.4, 0.5) is 4.39 Å². The minimum atomic E-state index is -0.230. The van der Waals surface area contributed by atoms with E-state index in [0.717, 1.165) is 15.7 Å². The van der Waals surface area contributed by atoms with Gasteiger partial charge in [0.05, 0.1) is 4.47 Å². The van der Waals surface area contributed by atoms with Gasteiger partial charge in [0.1, 0.15) is 11.6 Å². The maximum absolute atomic E-state index is 13.2. The van der Waals surface area contributed by atoms with Crippen LogP contribution in [0.1, 0.15) is 11.4 Å². The molecule has 2 nitrogen and oxygen atoms in total. The van der Waals surface area contributed by atoms with Crippen molar-refractivity contribution in [3.8, 4) is 0 Å². The normalized spacial score (nSPS) is 10.7. The number of hydrogen-bond acceptors (Lipinski definition) is 4. The first-order valence-corrected chi connectivity index (χ1v) is 7.08. The minimum absolute atomic E-state index is 0.230. The molecule has 0 saturated heterocycles. The number of nitrogens with zero attached hydrogens (tertiary/aromatic N) is 2. The monoisotopic (exact) mass is 318 g/mol. The van der Waals surface area contributed by atoms with Crippen LogP contribution in [0.2, 0.25) is 0 Å². The van der Waals surface area contributed by atoms with Gasteiger partial charge in [0.2, 0.25) is 0 Å². The summed E-state index contributed by atoms with van der Waals surface area (Å²) in [5.41, 5.74) is 0.929. The number of aryl methyl sites for hydroxylation is 1. The van der Waals surface area contributed by atoms with E-state index in [1.165, 1.54) is 17.6 Å². The van der Waals surface area contributed by atoms with Gasteiger partial charge in [0.15, 0.2) is 4.34 Å². The molecule has 0 aliphatic rings. The van der Waals surface area contributed by atoms with Gasteiger partial charge >= 0.3 is 0 Å². The van der Waals surface area contributed by atoms with Gasteiger partial charge in [-0.1, -0.05) is 23.9 Å². The van der Waals surface area contributed by atoms with Crippen LogP contribution in [0.5, 0.6) is 0 Å². The molecular weight excluding hydrogens is 311 g/mol. The van der Waals surface area contributed by atoms with Crippen LogP contribution < -0.4 is 0 Å². The van der Waals surface area contributed by atoms with E-state index in [-0.39, 0.29) is 5.82 Å². The number of rotatable bonds is 3. The van der Waals surface area contributed by atoms with E-state index in [1.807, 2.05) is 13.0 Å². The first kappa shape index (κ1) is 12.0. The van der Waals surface area contributed by atoms with E-state index in [9.17, 15) is 4.39 Å². The molecule has 0 atom stereocenters. The number of hydrogen-bond donors (Lipinski definition) is 0. The van der Waals surface area contributed by atoms with Gasteiger partial charge in [-0.25, -0.2) is 9.37 Å². The first-order valence-electron chi connectivity index (χ1n) is 4.53. The molecular formula is C10H8BrFN2S2. The van der Waals surface area contributed by atoms with E-state index in [0.29, 0.717) is 10.2 Å². The van der Waals surface area contributed by atoms with Crippen molar-refractivity contribution in [1.82, 2.24) is 9.36 Å². The summed E-state index contributed by atoms with van der Waals surface area (Å²) >= 11 is 6.18. The summed E-state index contributed by atoms with van der Waals surface area (Å²) in [6, 6.07) is 5.04. The molecule has 0 amide bonds. The zero-order valence-electron chi connectivity index (χ0n) is 8.41. The Morgan fingerprint density at radius 2 is 2.31 bits per heavy atom. The van der Waals surface area contributed by atoms with Crippen LogP contribution in [0.15, 0.2) is 27.0 Å². The average Bonchev–Trinajstić information content (AvgIpc) is 2.67. The second kappa shape index (κ2) is 5.25. The smallest absolute Gasteiger partial charge is 0.170 e. The molecule has 0 saturated carbocycles. The molecule has 2 rings (SSSR count). The summed E-state index contributed by atoms with van der Waals surface area (Å²) in [6.07, 6.45) is 0. The minimum Gasteiger partial charge on any atom is -0.213 e. The Labute approximate surface area is 110 Å². The first-order chi connectivity index (χ1) is 7.66. The molecule has 0 unspecified atom stereocenters. The average molecular weight is 319 g/mol. The predicted octanol–water partition coefficient (Wildman–Crippen LogP) is 4.04. The highest BCUT2D eigenvalue weighted by molar-refractivity contribution is 9.10. The lowest BCUT2D eigenvalue weighted by Crippen LogP contribution is -1.86. The fraction of sp³-hybridized carbons (Fsp3) is 0.200. The number of benzene rings is 1. The summed E-state index contributed by atoms with van der Waals surface area (Å²) in [4.78, 5) is 4.24. The van der Waals surface area contributed by atoms with Crippen molar-refractivity contribution in [2.45, 2.75) is 17.0 Å². The van der Waals surface area contributed by atoms with Crippen molar-refractivity contribution in [2.75, 3.05) is 0 Å². The van der Waals surface area contributed by atoms with Gasteiger partial charge in [-0.15, -0.1) is 0 Å². The Hall–Kier alpha value is -0.460. The highest BCUT2D eigenvalue weighted by Crippen LogP contribution is 2.29. The van der Waals surface area contributed by atoms with E-state index in [2.05, 4.69) is 25.3 Å². The Morgan fingerprint density at radius 1 is 1.50 bits per heavy atom. The van der Waals surface area contributed by atoms with Crippen molar-refractivity contribution < 1.29 is 4.39 Å². The lowest BCUT2D eigenvalue weighted by molar-refractivity contribution is 0.619. The topological polar surface area (TPSA) is 25.8 Å². The van der Waals surface area contributed by atoms with Crippen LogP contribution in [0.3, 0.4) is 0 Å². The molecule has 6 heteroatoms. The van der Waals surface area contributed by atoms with Crippen molar-refractivity contribution in [3.05, 3.63) is 39.9 Å². The maximum Gasteiger partial charge on any atom is 0.170 e. The van der Waals surface area contributed by atoms with E-state index < -0.39 is 0 Å². The van der Waals surface area contributed by atoms with Gasteiger partial charge in [-0.2, -0.15) is 4.37 Å². The lowest BCUT2D eigenvalue weighted by Gasteiger charge is -2.02. The van der Waals surface area contributed by atoms with E-state index >= 15 is 0 Å². The zero-order chi connectivity index (χ0) is 11.5. The molecule has 1 heterocycles. The molecule has 1 aromatic heterocycles. The van der Waals surface area contributed by atoms with Gasteiger partial charge < -0.3 is 0 Å². The Bertz CT molecular complexity index is 501. The summed E-state index contributed by atoms with van der Waals surface area (Å²) in [7, 11) is 0. The Morgan fingerprint density at radius 3 is 3.00 bits per heavy atom. The summed E-state index contributed by atoms with van der Waals surface area (Å²) in [5, 5.41) is 0. The Balaban J connectivity index is 2.07. The van der Waals surface area contributed by atoms with Gasteiger partial charge in [0.25, 0.3) is 0 Å². The third kappa shape index (κ3) is 2.81. The van der Waals surface area contributed by atoms with Crippen LogP contribution in [-0.2, 0) is 5.75 Å². The highest BCUT2D eigenvalue weighted by Gasteiger charge is 2.07. The number of aromatic nitrogens is 2. The van der Waals surface area contributed by atoms with E-state index in [4.69, 9.17) is 0 Å². The summed E-state index contributed by atoms with van der Waals surface area (Å²) in [5.74, 6) is 1.24. The zero-order valence-corrected chi connectivity index (χ0v) is 11.6. The predicted molar refractivity (Wildman–Crippen MR) is 68.3 cm³/mol. The number of thioether (sulfide) groups is 1. The molecule has 1 aromatic carbocycles. The molecule has 0 N–H and O–H groups in total. The molecule has 0 spiro atoms. The van der Waals surface area contributed by atoms with E-state index in [1.54, 1.807) is 17.8 Å². The second-order valence-corrected chi connectivity index (χ2v) is 5.88. The fourth-order valence-corrected chi connectivity index (χ4v) is 3.37.